The number of rotatable bonds is 0. The topological polar surface area (TPSA) is 0 Å². The second-order valence-electron chi connectivity index (χ2n) is 4.61. The zero-order chi connectivity index (χ0) is 11.1. The summed E-state index contributed by atoms with van der Waals surface area (Å²) in [6, 6.07) is 8.83. The van der Waals surface area contributed by atoms with Crippen molar-refractivity contribution >= 4 is 43.6 Å². The molecule has 0 fully saturated rings. The van der Waals surface area contributed by atoms with Crippen LogP contribution in [0.25, 0.3) is 22.9 Å². The van der Waals surface area contributed by atoms with E-state index in [2.05, 4.69) is 43.3 Å². The fraction of sp³-hybridized carbons (Fsp3) is 0.200. The molecule has 0 spiro atoms. The Labute approximate surface area is 104 Å². The Hall–Kier alpha value is -1.03. The van der Waals surface area contributed by atoms with E-state index in [1.54, 1.807) is 4.43 Å². The van der Waals surface area contributed by atoms with Gasteiger partial charge < -0.3 is 0 Å². The molecule has 2 aromatic rings. The van der Waals surface area contributed by atoms with Gasteiger partial charge in [-0.3, -0.25) is 0 Å². The smallest absolute Gasteiger partial charge is 0.106 e. The molecule has 16 heavy (non-hydrogen) atoms. The van der Waals surface area contributed by atoms with Gasteiger partial charge in [-0.05, 0) is 46.5 Å². The Bertz CT molecular complexity index is 620. The van der Waals surface area contributed by atoms with Crippen LogP contribution in [0.15, 0.2) is 24.3 Å². The minimum absolute atomic E-state index is 1.13. The lowest BCUT2D eigenvalue weighted by Crippen LogP contribution is -2.42. The van der Waals surface area contributed by atoms with Crippen LogP contribution in [0, 0.1) is 6.92 Å². The minimum Gasteiger partial charge on any atom is -0.106 e. The molecule has 0 radical (unpaired) electrons. The van der Waals surface area contributed by atoms with Crippen molar-refractivity contribution in [3.8, 4) is 0 Å². The monoisotopic (exact) mass is 222 g/mol. The molecule has 0 nitrogen and oxygen atoms in total. The largest absolute Gasteiger partial charge is 0.260 e. The van der Waals surface area contributed by atoms with Gasteiger partial charge in [0.15, 0.2) is 0 Å². The molecule has 1 heteroatoms. The highest BCUT2D eigenvalue weighted by atomic mass is 27.0. The molecule has 0 saturated carbocycles. The van der Waals surface area contributed by atoms with Gasteiger partial charge in [0.2, 0.25) is 0 Å². The van der Waals surface area contributed by atoms with E-state index < -0.39 is 0 Å². The Morgan fingerprint density at radius 1 is 0.938 bits per heavy atom. The normalized spacial score (nSPS) is 14.1. The number of benzene rings is 2. The summed E-state index contributed by atoms with van der Waals surface area (Å²) in [4.78, 5) is 0. The number of hydrogen-bond acceptors (Lipinski definition) is 0. The third-order valence-electron chi connectivity index (χ3n) is 3.70. The van der Waals surface area contributed by atoms with Gasteiger partial charge in [-0.1, -0.05) is 36.4 Å². The summed E-state index contributed by atoms with van der Waals surface area (Å²) >= 11 is 1.13. The van der Waals surface area contributed by atoms with E-state index >= 15 is 0 Å². The van der Waals surface area contributed by atoms with Crippen molar-refractivity contribution in [3.63, 3.8) is 0 Å². The molecule has 0 saturated heterocycles. The first-order valence-electron chi connectivity index (χ1n) is 5.97. The lowest BCUT2D eigenvalue weighted by Gasteiger charge is -2.12. The van der Waals surface area contributed by atoms with Crippen LogP contribution in [-0.4, -0.2) is 16.3 Å². The highest BCUT2D eigenvalue weighted by Gasteiger charge is 2.06. The molecule has 3 rings (SSSR count). The molecular formula is C15H15Al. The molecule has 0 atom stereocenters. The first-order valence-corrected chi connectivity index (χ1v) is 6.97. The minimum atomic E-state index is 1.13. The van der Waals surface area contributed by atoms with E-state index in [9.17, 15) is 0 Å². The van der Waals surface area contributed by atoms with Gasteiger partial charge in [-0.15, -0.1) is 4.43 Å². The standard InChI is InChI=1S/C15H13.Al.2H/c1-11-14-8-4-2-6-12(14)10-13-7-3-5-9-15(11)13;;;/h2,4,6-9H,3,5H2,1H3;;;. The van der Waals surface area contributed by atoms with Crippen LogP contribution in [0.2, 0.25) is 0 Å². The summed E-state index contributed by atoms with van der Waals surface area (Å²) < 4.78 is 1.58. The molecule has 0 aromatic heterocycles. The Morgan fingerprint density at radius 2 is 1.56 bits per heavy atom. The zero-order valence-electron chi connectivity index (χ0n) is 9.88. The average Bonchev–Trinajstić information content (AvgIpc) is 2.36. The summed E-state index contributed by atoms with van der Waals surface area (Å²) in [6.07, 6.45) is 7.25. The lowest BCUT2D eigenvalue weighted by atomic mass is 9.97. The van der Waals surface area contributed by atoms with Crippen molar-refractivity contribution < 1.29 is 0 Å². The van der Waals surface area contributed by atoms with Crippen LogP contribution in [0.5, 0.6) is 0 Å². The van der Waals surface area contributed by atoms with Crippen molar-refractivity contribution in [3.05, 3.63) is 40.3 Å². The molecule has 0 heterocycles. The molecule has 78 valence electrons. The fourth-order valence-electron chi connectivity index (χ4n) is 2.81. The van der Waals surface area contributed by atoms with Gasteiger partial charge in [-0.2, -0.15) is 0 Å². The first kappa shape index (κ1) is 10.1. The summed E-state index contributed by atoms with van der Waals surface area (Å²) in [5.74, 6) is 0. The predicted molar refractivity (Wildman–Crippen MR) is 74.3 cm³/mol. The van der Waals surface area contributed by atoms with E-state index in [0.717, 1.165) is 16.3 Å². The van der Waals surface area contributed by atoms with Crippen LogP contribution in [-0.2, 0) is 0 Å². The van der Waals surface area contributed by atoms with Crippen LogP contribution in [0.3, 0.4) is 0 Å². The maximum Gasteiger partial charge on any atom is 0.260 e. The van der Waals surface area contributed by atoms with Gasteiger partial charge >= 0.3 is 0 Å². The van der Waals surface area contributed by atoms with E-state index in [-0.39, 0.29) is 0 Å². The van der Waals surface area contributed by atoms with Gasteiger partial charge in [-0.25, -0.2) is 0 Å². The number of aryl methyl sites for hydroxylation is 1. The molecule has 1 aliphatic carbocycles. The van der Waals surface area contributed by atoms with Crippen molar-refractivity contribution in [1.82, 2.24) is 0 Å². The van der Waals surface area contributed by atoms with Gasteiger partial charge in [0.25, 0.3) is 16.3 Å². The molecule has 0 amide bonds. The second kappa shape index (κ2) is 3.77. The van der Waals surface area contributed by atoms with Crippen molar-refractivity contribution in [2.75, 3.05) is 0 Å². The third kappa shape index (κ3) is 1.36. The SMILES string of the molecule is Cc1c2c([c]([AlH2])c3ccccc13)=CCCC=2. The summed E-state index contributed by atoms with van der Waals surface area (Å²) in [5, 5.41) is 5.93. The van der Waals surface area contributed by atoms with E-state index in [1.807, 2.05) is 0 Å². The Morgan fingerprint density at radius 3 is 2.31 bits per heavy atom. The van der Waals surface area contributed by atoms with Crippen molar-refractivity contribution in [2.45, 2.75) is 19.8 Å². The molecule has 0 N–H and O–H groups in total. The van der Waals surface area contributed by atoms with Gasteiger partial charge in [0.05, 0.1) is 0 Å². The number of hydrogen-bond donors (Lipinski definition) is 0. The summed E-state index contributed by atoms with van der Waals surface area (Å²) in [5.41, 5.74) is 1.46. The quantitative estimate of drug-likeness (QED) is 0.577. The fourth-order valence-corrected chi connectivity index (χ4v) is 3.72. The average molecular weight is 222 g/mol. The molecule has 0 bridgehead atoms. The van der Waals surface area contributed by atoms with Crippen LogP contribution < -0.4 is 14.9 Å². The van der Waals surface area contributed by atoms with Crippen molar-refractivity contribution in [1.29, 1.82) is 0 Å². The highest BCUT2D eigenvalue weighted by Crippen LogP contribution is 2.12. The third-order valence-corrected chi connectivity index (χ3v) is 4.77. The molecule has 0 aliphatic heterocycles. The van der Waals surface area contributed by atoms with Crippen LogP contribution >= 0.6 is 0 Å². The zero-order valence-corrected chi connectivity index (χ0v) is 11.9. The number of fused-ring (bicyclic) bond motifs is 2. The summed E-state index contributed by atoms with van der Waals surface area (Å²) in [6.45, 7) is 2.26. The van der Waals surface area contributed by atoms with E-state index in [0.29, 0.717) is 0 Å². The Balaban J connectivity index is 2.66. The molecule has 2 aromatic carbocycles. The first-order chi connectivity index (χ1) is 7.79. The second-order valence-corrected chi connectivity index (χ2v) is 5.61. The Kier molecular flexibility index (Phi) is 2.39. The van der Waals surface area contributed by atoms with E-state index in [1.165, 1.54) is 39.6 Å². The van der Waals surface area contributed by atoms with Gasteiger partial charge in [0, 0.05) is 0 Å². The van der Waals surface area contributed by atoms with Gasteiger partial charge in [0.1, 0.15) is 0 Å². The maximum atomic E-state index is 2.43. The maximum absolute atomic E-state index is 2.43. The van der Waals surface area contributed by atoms with E-state index in [4.69, 9.17) is 0 Å². The molecular weight excluding hydrogens is 207 g/mol. The van der Waals surface area contributed by atoms with Crippen molar-refractivity contribution in [2.24, 2.45) is 0 Å². The van der Waals surface area contributed by atoms with Crippen LogP contribution in [0.1, 0.15) is 18.4 Å². The lowest BCUT2D eigenvalue weighted by molar-refractivity contribution is 1.12. The molecule has 0 unspecified atom stereocenters. The molecule has 1 aliphatic rings. The summed E-state index contributed by atoms with van der Waals surface area (Å²) in [7, 11) is 0. The predicted octanol–water partition coefficient (Wildman–Crippen LogP) is 0.761. The highest BCUT2D eigenvalue weighted by molar-refractivity contribution is 6.39. The van der Waals surface area contributed by atoms with Crippen LogP contribution in [0.4, 0.5) is 0 Å².